The molecule has 0 saturated carbocycles. The molecule has 1 amide bonds. The van der Waals surface area contributed by atoms with E-state index in [1.165, 1.54) is 16.4 Å². The molecule has 162 valence electrons. The summed E-state index contributed by atoms with van der Waals surface area (Å²) < 4.78 is 31.7. The average molecular weight is 436 g/mol. The van der Waals surface area contributed by atoms with E-state index in [2.05, 4.69) is 5.32 Å². The van der Waals surface area contributed by atoms with Crippen LogP contribution < -0.4 is 10.1 Å². The van der Waals surface area contributed by atoms with Crippen LogP contribution in [0, 0.1) is 17.0 Å². The molecule has 0 aromatic heterocycles. The Labute approximate surface area is 175 Å². The highest BCUT2D eigenvalue weighted by Gasteiger charge is 2.26. The van der Waals surface area contributed by atoms with Crippen molar-refractivity contribution in [3.63, 3.8) is 0 Å². The highest BCUT2D eigenvalue weighted by molar-refractivity contribution is 7.89. The second kappa shape index (κ2) is 10.2. The summed E-state index contributed by atoms with van der Waals surface area (Å²) in [5, 5.41) is 14.1. The molecule has 30 heavy (non-hydrogen) atoms. The van der Waals surface area contributed by atoms with Gasteiger partial charge >= 0.3 is 5.69 Å². The number of sulfonamides is 1. The van der Waals surface area contributed by atoms with E-state index in [0.717, 1.165) is 17.2 Å². The molecular weight excluding hydrogens is 410 g/mol. The molecule has 0 fully saturated rings. The van der Waals surface area contributed by atoms with Gasteiger partial charge in [-0.1, -0.05) is 43.7 Å². The number of benzene rings is 2. The summed E-state index contributed by atoms with van der Waals surface area (Å²) in [6, 6.07) is 11.0. The summed E-state index contributed by atoms with van der Waals surface area (Å²) in [7, 11) is -3.85. The molecule has 0 unspecified atom stereocenters. The number of hydrogen-bond donors (Lipinski definition) is 1. The van der Waals surface area contributed by atoms with Crippen LogP contribution in [0.4, 0.5) is 5.69 Å². The van der Waals surface area contributed by atoms with Crippen molar-refractivity contribution in [1.29, 1.82) is 0 Å². The van der Waals surface area contributed by atoms with Gasteiger partial charge in [-0.2, -0.15) is 4.31 Å². The van der Waals surface area contributed by atoms with Crippen LogP contribution in [0.5, 0.6) is 5.75 Å². The first kappa shape index (κ1) is 23.3. The Morgan fingerprint density at radius 3 is 2.33 bits per heavy atom. The predicted octanol–water partition coefficient (Wildman–Crippen LogP) is 2.63. The third-order valence-corrected chi connectivity index (χ3v) is 6.49. The minimum atomic E-state index is -3.85. The van der Waals surface area contributed by atoms with Crippen molar-refractivity contribution in [3.8, 4) is 5.75 Å². The van der Waals surface area contributed by atoms with Crippen LogP contribution in [0.3, 0.4) is 0 Å². The fourth-order valence-electron chi connectivity index (χ4n) is 2.74. The Morgan fingerprint density at radius 1 is 1.13 bits per heavy atom. The Balaban J connectivity index is 2.09. The minimum absolute atomic E-state index is 0.177. The third-order valence-electron chi connectivity index (χ3n) is 4.44. The van der Waals surface area contributed by atoms with Gasteiger partial charge in [0.2, 0.25) is 10.0 Å². The molecule has 2 aromatic carbocycles. The lowest BCUT2D eigenvalue weighted by molar-refractivity contribution is -0.386. The van der Waals surface area contributed by atoms with Crippen molar-refractivity contribution in [2.45, 2.75) is 32.2 Å². The topological polar surface area (TPSA) is 119 Å². The van der Waals surface area contributed by atoms with Crippen LogP contribution in [0.1, 0.15) is 25.0 Å². The molecule has 0 bridgehead atoms. The zero-order valence-electron chi connectivity index (χ0n) is 17.1. The fourth-order valence-corrected chi connectivity index (χ4v) is 4.21. The smallest absolute Gasteiger partial charge is 0.312 e. The molecule has 0 radical (unpaired) electrons. The van der Waals surface area contributed by atoms with Gasteiger partial charge in [-0.15, -0.1) is 0 Å². The molecule has 0 aliphatic carbocycles. The van der Waals surface area contributed by atoms with E-state index in [9.17, 15) is 23.3 Å². The zero-order chi connectivity index (χ0) is 22.3. The predicted molar refractivity (Wildman–Crippen MR) is 112 cm³/mol. The number of hydrogen-bond acceptors (Lipinski definition) is 6. The van der Waals surface area contributed by atoms with Gasteiger partial charge in [-0.05, 0) is 24.6 Å². The molecule has 0 spiro atoms. The lowest BCUT2D eigenvalue weighted by Gasteiger charge is -2.18. The Morgan fingerprint density at radius 2 is 1.77 bits per heavy atom. The van der Waals surface area contributed by atoms with E-state index < -0.39 is 33.1 Å². The van der Waals surface area contributed by atoms with Crippen LogP contribution in [0.25, 0.3) is 0 Å². The summed E-state index contributed by atoms with van der Waals surface area (Å²) in [4.78, 5) is 22.5. The minimum Gasteiger partial charge on any atom is -0.477 e. The normalized spacial score (nSPS) is 11.3. The first-order valence-corrected chi connectivity index (χ1v) is 10.9. The first-order valence-electron chi connectivity index (χ1n) is 9.42. The number of ether oxygens (including phenoxy) is 1. The van der Waals surface area contributed by atoms with Crippen molar-refractivity contribution in [2.24, 2.45) is 0 Å². The van der Waals surface area contributed by atoms with E-state index in [4.69, 9.17) is 4.74 Å². The Bertz CT molecular complexity index is 1000. The van der Waals surface area contributed by atoms with Crippen molar-refractivity contribution in [3.05, 3.63) is 63.7 Å². The molecule has 1 N–H and O–H groups in total. The molecule has 9 nitrogen and oxygen atoms in total. The maximum absolute atomic E-state index is 12.6. The third kappa shape index (κ3) is 5.77. The summed E-state index contributed by atoms with van der Waals surface area (Å²) in [5.74, 6) is -0.631. The molecule has 0 atom stereocenters. The number of nitrogens with zero attached hydrogens (tertiary/aromatic N) is 2. The quantitative estimate of drug-likeness (QED) is 0.453. The zero-order valence-corrected chi connectivity index (χ0v) is 17.9. The van der Waals surface area contributed by atoms with E-state index in [1.54, 1.807) is 13.8 Å². The Hall–Kier alpha value is -2.98. The SMILES string of the molecule is CCN(CC)S(=O)(=O)c1ccc(OCC(=O)NCc2ccc(C)cc2)c([N+](=O)[O-])c1. The number of carbonyl (C=O) groups is 1. The van der Waals surface area contributed by atoms with Gasteiger partial charge in [0.1, 0.15) is 0 Å². The molecule has 0 aliphatic heterocycles. The van der Waals surface area contributed by atoms with E-state index in [-0.39, 0.29) is 23.7 Å². The van der Waals surface area contributed by atoms with Crippen LogP contribution in [-0.2, 0) is 21.4 Å². The maximum atomic E-state index is 12.6. The molecule has 2 rings (SSSR count). The van der Waals surface area contributed by atoms with Gasteiger partial charge in [0.05, 0.1) is 9.82 Å². The van der Waals surface area contributed by atoms with Crippen molar-refractivity contribution in [2.75, 3.05) is 19.7 Å². The van der Waals surface area contributed by atoms with Gasteiger partial charge < -0.3 is 10.1 Å². The van der Waals surface area contributed by atoms with Crippen molar-refractivity contribution < 1.29 is 22.9 Å². The summed E-state index contributed by atoms with van der Waals surface area (Å²) in [6.45, 7) is 5.67. The summed E-state index contributed by atoms with van der Waals surface area (Å²) >= 11 is 0. The monoisotopic (exact) mass is 435 g/mol. The largest absolute Gasteiger partial charge is 0.477 e. The van der Waals surface area contributed by atoms with Crippen molar-refractivity contribution in [1.82, 2.24) is 9.62 Å². The highest BCUT2D eigenvalue weighted by Crippen LogP contribution is 2.30. The summed E-state index contributed by atoms with van der Waals surface area (Å²) in [6.07, 6.45) is 0. The fraction of sp³-hybridized carbons (Fsp3) is 0.350. The number of nitro groups is 1. The summed E-state index contributed by atoms with van der Waals surface area (Å²) in [5.41, 5.74) is 1.49. The maximum Gasteiger partial charge on any atom is 0.312 e. The number of rotatable bonds is 10. The van der Waals surface area contributed by atoms with Crippen LogP contribution in [-0.4, -0.2) is 43.2 Å². The molecule has 0 heterocycles. The molecule has 0 saturated heterocycles. The van der Waals surface area contributed by atoms with E-state index in [0.29, 0.717) is 6.54 Å². The molecule has 10 heteroatoms. The van der Waals surface area contributed by atoms with Gasteiger partial charge in [-0.3, -0.25) is 14.9 Å². The van der Waals surface area contributed by atoms with Crippen LogP contribution in [0.15, 0.2) is 47.4 Å². The second-order valence-corrected chi connectivity index (χ2v) is 8.46. The highest BCUT2D eigenvalue weighted by atomic mass is 32.2. The number of aryl methyl sites for hydroxylation is 1. The van der Waals surface area contributed by atoms with Gasteiger partial charge in [0.15, 0.2) is 12.4 Å². The molecule has 0 aliphatic rings. The number of nitrogens with one attached hydrogen (secondary N) is 1. The van der Waals surface area contributed by atoms with Gasteiger partial charge in [0, 0.05) is 25.7 Å². The average Bonchev–Trinajstić information content (AvgIpc) is 2.72. The van der Waals surface area contributed by atoms with E-state index >= 15 is 0 Å². The second-order valence-electron chi connectivity index (χ2n) is 6.53. The van der Waals surface area contributed by atoms with E-state index in [1.807, 2.05) is 31.2 Å². The van der Waals surface area contributed by atoms with Gasteiger partial charge in [0.25, 0.3) is 5.91 Å². The number of nitro benzene ring substituents is 1. The van der Waals surface area contributed by atoms with Crippen LogP contribution in [0.2, 0.25) is 0 Å². The van der Waals surface area contributed by atoms with Crippen LogP contribution >= 0.6 is 0 Å². The first-order chi connectivity index (χ1) is 14.2. The Kier molecular flexibility index (Phi) is 7.90. The number of carbonyl (C=O) groups excluding carboxylic acids is 1. The molecular formula is C20H25N3O6S. The lowest BCUT2D eigenvalue weighted by Crippen LogP contribution is -2.30. The lowest BCUT2D eigenvalue weighted by atomic mass is 10.1. The van der Waals surface area contributed by atoms with Crippen molar-refractivity contribution >= 4 is 21.6 Å². The standard InChI is InChI=1S/C20H25N3O6S/c1-4-22(5-2)30(27,28)17-10-11-19(18(12-17)23(25)26)29-14-20(24)21-13-16-8-6-15(3)7-9-16/h6-12H,4-5,13-14H2,1-3H3,(H,21,24). The number of amides is 1. The molecule has 2 aromatic rings. The van der Waals surface area contributed by atoms with Gasteiger partial charge in [-0.25, -0.2) is 8.42 Å².